The molecule has 0 spiro atoms. The van der Waals surface area contributed by atoms with Crippen molar-refractivity contribution >= 4 is 29.3 Å². The number of aliphatic hydroxyl groups is 1. The molecule has 3 amide bonds. The number of aryl methyl sites for hydroxylation is 1. The van der Waals surface area contributed by atoms with Crippen molar-refractivity contribution in [2.45, 2.75) is 84.8 Å². The van der Waals surface area contributed by atoms with Gasteiger partial charge in [0.05, 0.1) is 18.2 Å². The van der Waals surface area contributed by atoms with Crippen molar-refractivity contribution in [1.29, 1.82) is 0 Å². The maximum atomic E-state index is 13.8. The van der Waals surface area contributed by atoms with E-state index in [1.54, 1.807) is 28.0 Å². The average molecular weight is 600 g/mol. The van der Waals surface area contributed by atoms with Gasteiger partial charge in [0.15, 0.2) is 5.78 Å². The molecule has 9 heteroatoms. The van der Waals surface area contributed by atoms with Crippen LogP contribution in [0.25, 0.3) is 0 Å². The van der Waals surface area contributed by atoms with Crippen LogP contribution in [0.2, 0.25) is 5.02 Å². The van der Waals surface area contributed by atoms with E-state index in [2.05, 4.69) is 5.32 Å². The highest BCUT2D eigenvalue weighted by atomic mass is 35.5. The first-order valence-corrected chi connectivity index (χ1v) is 15.6. The van der Waals surface area contributed by atoms with Gasteiger partial charge in [0.25, 0.3) is 0 Å². The summed E-state index contributed by atoms with van der Waals surface area (Å²) in [6.07, 6.45) is 4.55. The summed E-state index contributed by atoms with van der Waals surface area (Å²) in [7, 11) is 0. The lowest BCUT2D eigenvalue weighted by molar-refractivity contribution is -0.133. The number of ether oxygens (including phenoxy) is 1. The number of likely N-dealkylation sites (tertiary alicyclic amines) is 1. The summed E-state index contributed by atoms with van der Waals surface area (Å²) in [6.45, 7) is 9.60. The van der Waals surface area contributed by atoms with Crippen LogP contribution in [0.1, 0.15) is 80.8 Å². The summed E-state index contributed by atoms with van der Waals surface area (Å²) in [5.74, 6) is -0.0740. The number of benzene rings is 2. The fraction of sp³-hybridized carbons (Fsp3) is 0.545. The van der Waals surface area contributed by atoms with Gasteiger partial charge in [0, 0.05) is 37.2 Å². The van der Waals surface area contributed by atoms with Gasteiger partial charge in [-0.15, -0.1) is 0 Å². The second-order valence-corrected chi connectivity index (χ2v) is 11.6. The molecule has 0 bridgehead atoms. The predicted molar refractivity (Wildman–Crippen MR) is 166 cm³/mol. The van der Waals surface area contributed by atoms with Crippen LogP contribution in [-0.4, -0.2) is 71.0 Å². The average Bonchev–Trinajstić information content (AvgIpc) is 3.52. The molecule has 1 aliphatic rings. The van der Waals surface area contributed by atoms with E-state index in [-0.39, 0.29) is 23.7 Å². The molecule has 2 aromatic rings. The summed E-state index contributed by atoms with van der Waals surface area (Å²) in [4.78, 5) is 43.9. The number of halogens is 1. The molecule has 1 saturated heterocycles. The Kier molecular flexibility index (Phi) is 13.1. The SMILES string of the molecule is CCCOc1ccc(C(=O)C(CCC)C[C@@H](C)N(Cc2ccccc2C)C(=O)NC(CO)C(=O)N2CCCC2)c(Cl)c1. The number of nitrogens with one attached hydrogen (secondary N) is 1. The van der Waals surface area contributed by atoms with Crippen LogP contribution in [-0.2, 0) is 11.3 Å². The summed E-state index contributed by atoms with van der Waals surface area (Å²) >= 11 is 6.54. The van der Waals surface area contributed by atoms with Gasteiger partial charge in [-0.1, -0.05) is 56.1 Å². The molecule has 1 aliphatic heterocycles. The molecule has 42 heavy (non-hydrogen) atoms. The van der Waals surface area contributed by atoms with Crippen LogP contribution in [0.5, 0.6) is 5.75 Å². The Morgan fingerprint density at radius 3 is 2.43 bits per heavy atom. The van der Waals surface area contributed by atoms with Crippen molar-refractivity contribution in [3.05, 3.63) is 64.2 Å². The molecule has 3 rings (SSSR count). The van der Waals surface area contributed by atoms with Gasteiger partial charge in [-0.3, -0.25) is 9.59 Å². The van der Waals surface area contributed by atoms with Crippen LogP contribution in [0.3, 0.4) is 0 Å². The van der Waals surface area contributed by atoms with Gasteiger partial charge in [-0.25, -0.2) is 4.79 Å². The Labute approximate surface area is 255 Å². The number of aliphatic hydroxyl groups excluding tert-OH is 1. The van der Waals surface area contributed by atoms with Crippen LogP contribution in [0.15, 0.2) is 42.5 Å². The topological polar surface area (TPSA) is 99.2 Å². The Hall–Kier alpha value is -3.10. The smallest absolute Gasteiger partial charge is 0.318 e. The third kappa shape index (κ3) is 8.95. The van der Waals surface area contributed by atoms with E-state index in [1.807, 2.05) is 52.0 Å². The van der Waals surface area contributed by atoms with Crippen LogP contribution in [0.4, 0.5) is 4.79 Å². The molecule has 0 aromatic heterocycles. The fourth-order valence-electron chi connectivity index (χ4n) is 5.44. The highest BCUT2D eigenvalue weighted by Crippen LogP contribution is 2.29. The Morgan fingerprint density at radius 1 is 1.10 bits per heavy atom. The molecule has 0 radical (unpaired) electrons. The van der Waals surface area contributed by atoms with Crippen molar-refractivity contribution < 1.29 is 24.2 Å². The van der Waals surface area contributed by atoms with Gasteiger partial charge in [-0.05, 0) is 75.3 Å². The van der Waals surface area contributed by atoms with Gasteiger partial charge in [0.2, 0.25) is 5.91 Å². The van der Waals surface area contributed by atoms with Crippen molar-refractivity contribution in [1.82, 2.24) is 15.1 Å². The number of hydrogen-bond donors (Lipinski definition) is 2. The quantitative estimate of drug-likeness (QED) is 0.244. The lowest BCUT2D eigenvalue weighted by Crippen LogP contribution is -2.55. The zero-order valence-corrected chi connectivity index (χ0v) is 26.2. The third-order valence-corrected chi connectivity index (χ3v) is 8.22. The standard InChI is InChI=1S/C33H46ClN3O5/c1-5-11-25(31(39)28-15-14-27(20-29(28)34)42-18-6-2)19-24(4)37(21-26-13-8-7-12-23(26)3)33(41)35-30(22-38)32(40)36-16-9-10-17-36/h7-8,12-15,20,24-25,30,38H,5-6,9-11,16-19,21-22H2,1-4H3,(H,35,41)/t24-,25?,30?/m1/s1. The maximum absolute atomic E-state index is 13.8. The zero-order chi connectivity index (χ0) is 30.6. The third-order valence-electron chi connectivity index (χ3n) is 7.90. The molecule has 1 fully saturated rings. The van der Waals surface area contributed by atoms with E-state index in [0.29, 0.717) is 55.4 Å². The van der Waals surface area contributed by atoms with Crippen LogP contribution < -0.4 is 10.1 Å². The first-order valence-electron chi connectivity index (χ1n) is 15.2. The van der Waals surface area contributed by atoms with E-state index in [1.165, 1.54) is 0 Å². The summed E-state index contributed by atoms with van der Waals surface area (Å²) in [6, 6.07) is 11.2. The summed E-state index contributed by atoms with van der Waals surface area (Å²) in [5, 5.41) is 13.2. The Balaban J connectivity index is 1.83. The van der Waals surface area contributed by atoms with E-state index >= 15 is 0 Å². The lowest BCUT2D eigenvalue weighted by atomic mass is 9.87. The van der Waals surface area contributed by atoms with Gasteiger partial charge >= 0.3 is 6.03 Å². The first kappa shape index (κ1) is 33.4. The number of Topliss-reactive ketones (excluding diaryl/α,β-unsaturated/α-hetero) is 1. The molecule has 2 unspecified atom stereocenters. The number of amides is 3. The Bertz CT molecular complexity index is 1200. The lowest BCUT2D eigenvalue weighted by Gasteiger charge is -2.34. The minimum Gasteiger partial charge on any atom is -0.494 e. The van der Waals surface area contributed by atoms with Crippen LogP contribution >= 0.6 is 11.6 Å². The molecule has 2 aromatic carbocycles. The molecule has 0 aliphatic carbocycles. The fourth-order valence-corrected chi connectivity index (χ4v) is 5.71. The predicted octanol–water partition coefficient (Wildman–Crippen LogP) is 6.01. The van der Waals surface area contributed by atoms with Crippen molar-refractivity contribution in [3.8, 4) is 5.75 Å². The molecule has 8 nitrogen and oxygen atoms in total. The second kappa shape index (κ2) is 16.5. The number of urea groups is 1. The van der Waals surface area contributed by atoms with E-state index in [4.69, 9.17) is 16.3 Å². The summed E-state index contributed by atoms with van der Waals surface area (Å²) in [5.41, 5.74) is 2.44. The van der Waals surface area contributed by atoms with Gasteiger partial charge in [0.1, 0.15) is 11.8 Å². The van der Waals surface area contributed by atoms with Gasteiger partial charge < -0.3 is 25.0 Å². The molecule has 1 heterocycles. The maximum Gasteiger partial charge on any atom is 0.318 e. The van der Waals surface area contributed by atoms with Crippen molar-refractivity contribution in [2.75, 3.05) is 26.3 Å². The monoisotopic (exact) mass is 599 g/mol. The molecule has 230 valence electrons. The number of carbonyl (C=O) groups excluding carboxylic acids is 3. The molecule has 0 saturated carbocycles. The summed E-state index contributed by atoms with van der Waals surface area (Å²) < 4.78 is 5.67. The minimum atomic E-state index is -1.03. The van der Waals surface area contributed by atoms with E-state index in [0.717, 1.165) is 36.8 Å². The number of hydrogen-bond acceptors (Lipinski definition) is 5. The number of ketones is 1. The number of nitrogens with zero attached hydrogens (tertiary/aromatic N) is 2. The van der Waals surface area contributed by atoms with Crippen molar-refractivity contribution in [2.24, 2.45) is 5.92 Å². The Morgan fingerprint density at radius 2 is 1.81 bits per heavy atom. The largest absolute Gasteiger partial charge is 0.494 e. The highest BCUT2D eigenvalue weighted by molar-refractivity contribution is 6.34. The van der Waals surface area contributed by atoms with E-state index < -0.39 is 18.7 Å². The molecule has 3 atom stereocenters. The zero-order valence-electron chi connectivity index (χ0n) is 25.4. The second-order valence-electron chi connectivity index (χ2n) is 11.2. The normalized spacial score (nSPS) is 15.1. The number of rotatable bonds is 15. The van der Waals surface area contributed by atoms with E-state index in [9.17, 15) is 19.5 Å². The van der Waals surface area contributed by atoms with Crippen molar-refractivity contribution in [3.63, 3.8) is 0 Å². The van der Waals surface area contributed by atoms with Crippen LogP contribution in [0, 0.1) is 12.8 Å². The highest BCUT2D eigenvalue weighted by Gasteiger charge is 2.32. The molecular weight excluding hydrogens is 554 g/mol. The molecule has 2 N–H and O–H groups in total. The van der Waals surface area contributed by atoms with Gasteiger partial charge in [-0.2, -0.15) is 0 Å². The molecular formula is C33H46ClN3O5. The minimum absolute atomic E-state index is 0.0653. The first-order chi connectivity index (χ1) is 20.2. The number of carbonyl (C=O) groups is 3.